The zero-order valence-electron chi connectivity index (χ0n) is 6.15. The minimum atomic E-state index is -0.569. The predicted octanol–water partition coefficient (Wildman–Crippen LogP) is 0.927. The minimum absolute atomic E-state index is 0.186. The average molecular weight is 162 g/mol. The average Bonchev–Trinajstić information content (AvgIpc) is 2.47. The fourth-order valence-electron chi connectivity index (χ4n) is 1.06. The largest absolute Gasteiger partial charge is 0.364 e. The van der Waals surface area contributed by atoms with E-state index in [-0.39, 0.29) is 5.69 Å². The number of aromatic nitrogens is 1. The van der Waals surface area contributed by atoms with Crippen LogP contribution >= 0.6 is 0 Å². The molecule has 0 bridgehead atoms. The lowest BCUT2D eigenvalue weighted by Gasteiger charge is -1.85. The van der Waals surface area contributed by atoms with Crippen molar-refractivity contribution in [3.05, 3.63) is 30.0 Å². The number of hydrogen-bond donors (Lipinski definition) is 1. The van der Waals surface area contributed by atoms with Crippen LogP contribution in [-0.2, 0) is 0 Å². The Morgan fingerprint density at radius 2 is 2.17 bits per heavy atom. The fraction of sp³-hybridized carbons (Fsp3) is 0. The van der Waals surface area contributed by atoms with Gasteiger partial charge in [-0.1, -0.05) is 17.3 Å². The number of hydrogen-bond acceptors (Lipinski definition) is 3. The SMILES string of the molecule is NC(=O)c1noc2ccccc12. The molecule has 0 aliphatic heterocycles. The highest BCUT2D eigenvalue weighted by Crippen LogP contribution is 2.16. The van der Waals surface area contributed by atoms with Gasteiger partial charge in [0.25, 0.3) is 5.91 Å². The normalized spacial score (nSPS) is 10.3. The number of para-hydroxylation sites is 1. The van der Waals surface area contributed by atoms with Crippen LogP contribution in [0.25, 0.3) is 11.0 Å². The number of carbonyl (C=O) groups excluding carboxylic acids is 1. The zero-order chi connectivity index (χ0) is 8.55. The highest BCUT2D eigenvalue weighted by Gasteiger charge is 2.11. The summed E-state index contributed by atoms with van der Waals surface area (Å²) in [5.41, 5.74) is 5.82. The van der Waals surface area contributed by atoms with Crippen LogP contribution in [0.2, 0.25) is 0 Å². The Balaban J connectivity index is 2.79. The second-order valence-electron chi connectivity index (χ2n) is 2.39. The first-order chi connectivity index (χ1) is 5.79. The summed E-state index contributed by atoms with van der Waals surface area (Å²) < 4.78 is 4.86. The Kier molecular flexibility index (Phi) is 1.33. The summed E-state index contributed by atoms with van der Waals surface area (Å²) in [6.07, 6.45) is 0. The molecule has 2 rings (SSSR count). The van der Waals surface area contributed by atoms with Gasteiger partial charge in [0.1, 0.15) is 0 Å². The molecule has 0 spiro atoms. The summed E-state index contributed by atoms with van der Waals surface area (Å²) in [5.74, 6) is -0.569. The Morgan fingerprint density at radius 1 is 1.42 bits per heavy atom. The second kappa shape index (κ2) is 2.34. The van der Waals surface area contributed by atoms with Gasteiger partial charge in [-0.15, -0.1) is 0 Å². The molecule has 0 aliphatic carbocycles. The van der Waals surface area contributed by atoms with Gasteiger partial charge in [0.2, 0.25) is 0 Å². The molecular formula is C8H6N2O2. The van der Waals surface area contributed by atoms with Crippen LogP contribution in [0.5, 0.6) is 0 Å². The van der Waals surface area contributed by atoms with Crippen LogP contribution in [0.15, 0.2) is 28.8 Å². The first-order valence-electron chi connectivity index (χ1n) is 3.43. The third kappa shape index (κ3) is 0.852. The lowest BCUT2D eigenvalue weighted by molar-refractivity contribution is 0.0993. The van der Waals surface area contributed by atoms with Gasteiger partial charge < -0.3 is 10.3 Å². The molecule has 0 radical (unpaired) electrons. The highest BCUT2D eigenvalue weighted by molar-refractivity contribution is 6.03. The Morgan fingerprint density at radius 3 is 2.92 bits per heavy atom. The number of fused-ring (bicyclic) bond motifs is 1. The first kappa shape index (κ1) is 6.84. The molecule has 2 N–H and O–H groups in total. The number of nitrogens with two attached hydrogens (primary N) is 1. The molecule has 60 valence electrons. The van der Waals surface area contributed by atoms with E-state index in [0.717, 1.165) is 0 Å². The maximum atomic E-state index is 10.8. The molecule has 1 aromatic heterocycles. The smallest absolute Gasteiger partial charge is 0.271 e. The molecule has 1 amide bonds. The quantitative estimate of drug-likeness (QED) is 0.678. The molecule has 0 atom stereocenters. The molecule has 4 heteroatoms. The number of nitrogens with zero attached hydrogens (tertiary/aromatic N) is 1. The van der Waals surface area contributed by atoms with E-state index in [1.54, 1.807) is 24.3 Å². The Labute approximate surface area is 67.9 Å². The van der Waals surface area contributed by atoms with Crippen molar-refractivity contribution in [1.82, 2.24) is 5.16 Å². The third-order valence-corrected chi connectivity index (χ3v) is 1.61. The minimum Gasteiger partial charge on any atom is -0.364 e. The number of benzene rings is 1. The topological polar surface area (TPSA) is 69.1 Å². The standard InChI is InChI=1S/C8H6N2O2/c9-8(11)7-5-3-1-2-4-6(5)12-10-7/h1-4H,(H2,9,11). The Bertz CT molecular complexity index is 433. The molecule has 4 nitrogen and oxygen atoms in total. The van der Waals surface area contributed by atoms with E-state index in [4.69, 9.17) is 10.3 Å². The molecule has 0 fully saturated rings. The monoisotopic (exact) mass is 162 g/mol. The summed E-state index contributed by atoms with van der Waals surface area (Å²) in [4.78, 5) is 10.8. The summed E-state index contributed by atoms with van der Waals surface area (Å²) in [5, 5.41) is 4.20. The van der Waals surface area contributed by atoms with E-state index >= 15 is 0 Å². The van der Waals surface area contributed by atoms with Crippen molar-refractivity contribution in [3.8, 4) is 0 Å². The highest BCUT2D eigenvalue weighted by atomic mass is 16.5. The Hall–Kier alpha value is -1.84. The molecule has 1 aromatic carbocycles. The van der Waals surface area contributed by atoms with E-state index in [0.29, 0.717) is 11.0 Å². The van der Waals surface area contributed by atoms with E-state index in [9.17, 15) is 4.79 Å². The van der Waals surface area contributed by atoms with E-state index in [1.165, 1.54) is 0 Å². The lowest BCUT2D eigenvalue weighted by Crippen LogP contribution is -2.11. The van der Waals surface area contributed by atoms with E-state index < -0.39 is 5.91 Å². The van der Waals surface area contributed by atoms with Crippen LogP contribution in [0, 0.1) is 0 Å². The summed E-state index contributed by atoms with van der Waals surface area (Å²) in [6, 6.07) is 7.07. The number of rotatable bonds is 1. The van der Waals surface area contributed by atoms with Crippen LogP contribution in [0.1, 0.15) is 10.5 Å². The number of primary amides is 1. The first-order valence-corrected chi connectivity index (χ1v) is 3.43. The van der Waals surface area contributed by atoms with Crippen molar-refractivity contribution < 1.29 is 9.32 Å². The second-order valence-corrected chi connectivity index (χ2v) is 2.39. The summed E-state index contributed by atoms with van der Waals surface area (Å²) in [6.45, 7) is 0. The van der Waals surface area contributed by atoms with Crippen molar-refractivity contribution in [3.63, 3.8) is 0 Å². The molecule has 0 aliphatic rings. The van der Waals surface area contributed by atoms with Gasteiger partial charge in [-0.3, -0.25) is 4.79 Å². The predicted molar refractivity (Wildman–Crippen MR) is 42.5 cm³/mol. The number of amides is 1. The molecule has 12 heavy (non-hydrogen) atoms. The molecule has 0 saturated heterocycles. The van der Waals surface area contributed by atoms with Crippen LogP contribution in [0.4, 0.5) is 0 Å². The van der Waals surface area contributed by atoms with Crippen LogP contribution < -0.4 is 5.73 Å². The van der Waals surface area contributed by atoms with Crippen molar-refractivity contribution in [2.75, 3.05) is 0 Å². The lowest BCUT2D eigenvalue weighted by atomic mass is 10.2. The van der Waals surface area contributed by atoms with E-state index in [1.807, 2.05) is 0 Å². The van der Waals surface area contributed by atoms with Gasteiger partial charge in [0, 0.05) is 0 Å². The fourth-order valence-corrected chi connectivity index (χ4v) is 1.06. The van der Waals surface area contributed by atoms with Gasteiger partial charge in [0.15, 0.2) is 11.3 Å². The van der Waals surface area contributed by atoms with Gasteiger partial charge in [-0.05, 0) is 12.1 Å². The number of carbonyl (C=O) groups is 1. The third-order valence-electron chi connectivity index (χ3n) is 1.61. The summed E-state index contributed by atoms with van der Waals surface area (Å²) in [7, 11) is 0. The van der Waals surface area contributed by atoms with Crippen molar-refractivity contribution >= 4 is 16.9 Å². The maximum absolute atomic E-state index is 10.8. The van der Waals surface area contributed by atoms with Gasteiger partial charge in [-0.25, -0.2) is 0 Å². The molecule has 0 saturated carbocycles. The summed E-state index contributed by atoms with van der Waals surface area (Å²) >= 11 is 0. The van der Waals surface area contributed by atoms with Crippen molar-refractivity contribution in [2.45, 2.75) is 0 Å². The van der Waals surface area contributed by atoms with Gasteiger partial charge in [-0.2, -0.15) is 0 Å². The van der Waals surface area contributed by atoms with Crippen LogP contribution in [0.3, 0.4) is 0 Å². The molecule has 1 heterocycles. The van der Waals surface area contributed by atoms with Gasteiger partial charge >= 0.3 is 0 Å². The molecule has 2 aromatic rings. The molecule has 0 unspecified atom stereocenters. The maximum Gasteiger partial charge on any atom is 0.271 e. The van der Waals surface area contributed by atoms with E-state index in [2.05, 4.69) is 5.16 Å². The van der Waals surface area contributed by atoms with Crippen LogP contribution in [-0.4, -0.2) is 11.1 Å². The van der Waals surface area contributed by atoms with Crippen molar-refractivity contribution in [1.29, 1.82) is 0 Å². The molecular weight excluding hydrogens is 156 g/mol. The van der Waals surface area contributed by atoms with Gasteiger partial charge in [0.05, 0.1) is 5.39 Å². The zero-order valence-corrected chi connectivity index (χ0v) is 6.15. The van der Waals surface area contributed by atoms with Crippen molar-refractivity contribution in [2.24, 2.45) is 5.73 Å².